The molecule has 1 unspecified atom stereocenters. The maximum absolute atomic E-state index is 12.8. The SMILES string of the molecule is CC1(C)/C(=C\CC2SC(=S)N(CCC(=O)O)C2=O)N(CCCCS(=O)(=O)O)c2ccccc21. The highest BCUT2D eigenvalue weighted by Crippen LogP contribution is 2.48. The summed E-state index contributed by atoms with van der Waals surface area (Å²) in [4.78, 5) is 27.2. The number of thioether (sulfide) groups is 1. The Morgan fingerprint density at radius 1 is 1.21 bits per heavy atom. The zero-order valence-electron chi connectivity index (χ0n) is 18.6. The summed E-state index contributed by atoms with van der Waals surface area (Å²) in [5.41, 5.74) is 2.91. The zero-order valence-corrected chi connectivity index (χ0v) is 21.0. The number of amides is 1. The number of rotatable bonds is 10. The number of hydrogen-bond acceptors (Lipinski definition) is 7. The van der Waals surface area contributed by atoms with Gasteiger partial charge in [-0.2, -0.15) is 8.42 Å². The van der Waals surface area contributed by atoms with Crippen LogP contribution in [0.1, 0.15) is 45.1 Å². The molecule has 0 saturated carbocycles. The van der Waals surface area contributed by atoms with E-state index in [1.807, 2.05) is 24.3 Å². The van der Waals surface area contributed by atoms with E-state index in [-0.39, 0.29) is 30.0 Å². The van der Waals surface area contributed by atoms with Crippen molar-refractivity contribution in [1.82, 2.24) is 4.90 Å². The highest BCUT2D eigenvalue weighted by atomic mass is 32.2. The smallest absolute Gasteiger partial charge is 0.305 e. The topological polar surface area (TPSA) is 115 Å². The summed E-state index contributed by atoms with van der Waals surface area (Å²) in [5.74, 6) is -1.42. The molecule has 0 spiro atoms. The van der Waals surface area contributed by atoms with Crippen molar-refractivity contribution in [2.75, 3.05) is 23.7 Å². The first kappa shape index (κ1) is 25.7. The number of thiocarbonyl (C=S) groups is 1. The highest BCUT2D eigenvalue weighted by Gasteiger charge is 2.41. The Morgan fingerprint density at radius 3 is 2.58 bits per heavy atom. The summed E-state index contributed by atoms with van der Waals surface area (Å²) >= 11 is 6.58. The van der Waals surface area contributed by atoms with Gasteiger partial charge in [0.05, 0.1) is 17.4 Å². The van der Waals surface area contributed by atoms with Gasteiger partial charge < -0.3 is 10.0 Å². The number of carboxylic acids is 1. The first-order valence-corrected chi connectivity index (χ1v) is 13.6. The summed E-state index contributed by atoms with van der Waals surface area (Å²) in [6.45, 7) is 4.88. The van der Waals surface area contributed by atoms with Crippen molar-refractivity contribution in [3.8, 4) is 0 Å². The standard InChI is InChI=1S/C22H28N2O6S3/c1-22(2)15-7-3-4-8-16(15)23(12-5-6-14-33(28,29)30)18(22)10-9-17-20(27)24(21(31)32-17)13-11-19(25)26/h3-4,7-8,10,17H,5-6,9,11-14H2,1-2H3,(H,25,26)(H,28,29,30)/b18-10+. The van der Waals surface area contributed by atoms with Crippen LogP contribution in [0.5, 0.6) is 0 Å². The van der Waals surface area contributed by atoms with Crippen molar-refractivity contribution >= 4 is 56.0 Å². The molecule has 11 heteroatoms. The molecule has 2 N–H and O–H groups in total. The summed E-state index contributed by atoms with van der Waals surface area (Å²) in [7, 11) is -3.99. The molecule has 8 nitrogen and oxygen atoms in total. The van der Waals surface area contributed by atoms with Crippen LogP contribution in [0.15, 0.2) is 36.0 Å². The Kier molecular flexibility index (Phi) is 7.87. The van der Waals surface area contributed by atoms with Crippen LogP contribution >= 0.6 is 24.0 Å². The maximum Gasteiger partial charge on any atom is 0.305 e. The molecular weight excluding hydrogens is 484 g/mol. The van der Waals surface area contributed by atoms with E-state index in [9.17, 15) is 18.0 Å². The molecule has 0 radical (unpaired) electrons. The fraction of sp³-hybridized carbons (Fsp3) is 0.500. The second-order valence-electron chi connectivity index (χ2n) is 8.62. The van der Waals surface area contributed by atoms with Crippen LogP contribution in [0.25, 0.3) is 0 Å². The second-order valence-corrected chi connectivity index (χ2v) is 12.0. The Labute approximate surface area is 203 Å². The van der Waals surface area contributed by atoms with Crippen molar-refractivity contribution in [3.63, 3.8) is 0 Å². The van der Waals surface area contributed by atoms with Crippen LogP contribution < -0.4 is 4.90 Å². The predicted molar refractivity (Wildman–Crippen MR) is 133 cm³/mol. The van der Waals surface area contributed by atoms with Crippen LogP contribution in [0.3, 0.4) is 0 Å². The Hall–Kier alpha value is -1.95. The van der Waals surface area contributed by atoms with Crippen molar-refractivity contribution in [2.24, 2.45) is 0 Å². The van der Waals surface area contributed by atoms with E-state index in [0.717, 1.165) is 16.9 Å². The first-order chi connectivity index (χ1) is 15.4. The van der Waals surface area contributed by atoms with Gasteiger partial charge in [-0.1, -0.05) is 62.1 Å². The molecule has 3 rings (SSSR count). The van der Waals surface area contributed by atoms with Gasteiger partial charge in [-0.15, -0.1) is 0 Å². The number of fused-ring (bicyclic) bond motifs is 1. The van der Waals surface area contributed by atoms with Crippen molar-refractivity contribution in [1.29, 1.82) is 0 Å². The van der Waals surface area contributed by atoms with E-state index in [4.69, 9.17) is 21.9 Å². The van der Waals surface area contributed by atoms with E-state index in [0.29, 0.717) is 30.1 Å². The lowest BCUT2D eigenvalue weighted by Gasteiger charge is -2.27. The van der Waals surface area contributed by atoms with Gasteiger partial charge in [0.25, 0.3) is 10.1 Å². The van der Waals surface area contributed by atoms with E-state index < -0.39 is 21.3 Å². The van der Waals surface area contributed by atoms with Crippen LogP contribution in [-0.4, -0.2) is 63.3 Å². The molecule has 2 aliphatic heterocycles. The molecule has 1 aromatic carbocycles. The Bertz CT molecular complexity index is 1080. The maximum atomic E-state index is 12.8. The quantitative estimate of drug-likeness (QED) is 0.276. The first-order valence-electron chi connectivity index (χ1n) is 10.7. The minimum atomic E-state index is -3.99. The number of carboxylic acid groups (broad SMARTS) is 1. The zero-order chi connectivity index (χ0) is 24.4. The number of nitrogens with zero attached hydrogens (tertiary/aromatic N) is 2. The fourth-order valence-corrected chi connectivity index (χ4v) is 6.35. The molecular formula is C22H28N2O6S3. The average molecular weight is 513 g/mol. The van der Waals surface area contributed by atoms with Crippen LogP contribution in [0, 0.1) is 0 Å². The predicted octanol–water partition coefficient (Wildman–Crippen LogP) is 3.43. The number of benzene rings is 1. The van der Waals surface area contributed by atoms with Crippen molar-refractivity contribution in [2.45, 2.75) is 50.2 Å². The summed E-state index contributed by atoms with van der Waals surface area (Å²) in [6.07, 6.45) is 3.25. The van der Waals surface area contributed by atoms with Gasteiger partial charge in [0.1, 0.15) is 4.32 Å². The largest absolute Gasteiger partial charge is 0.481 e. The molecule has 1 fully saturated rings. The molecule has 1 amide bonds. The third-order valence-electron chi connectivity index (χ3n) is 5.91. The third kappa shape index (κ3) is 5.95. The number of aliphatic carboxylic acids is 1. The van der Waals surface area contributed by atoms with Crippen molar-refractivity contribution in [3.05, 3.63) is 41.6 Å². The van der Waals surface area contributed by atoms with E-state index in [2.05, 4.69) is 24.8 Å². The summed E-state index contributed by atoms with van der Waals surface area (Å²) in [5, 5.41) is 8.51. The van der Waals surface area contributed by atoms with Gasteiger partial charge in [-0.3, -0.25) is 19.0 Å². The normalized spacial score (nSPS) is 21.2. The minimum Gasteiger partial charge on any atom is -0.481 e. The number of allylic oxidation sites excluding steroid dienone is 2. The molecule has 0 bridgehead atoms. The van der Waals surface area contributed by atoms with Gasteiger partial charge >= 0.3 is 5.97 Å². The lowest BCUT2D eigenvalue weighted by Crippen LogP contribution is -2.33. The minimum absolute atomic E-state index is 0.0733. The lowest BCUT2D eigenvalue weighted by atomic mass is 9.83. The van der Waals surface area contributed by atoms with Gasteiger partial charge in [0, 0.05) is 29.9 Å². The molecule has 0 aliphatic carbocycles. The number of unbranched alkanes of at least 4 members (excludes halogenated alkanes) is 1. The van der Waals surface area contributed by atoms with E-state index >= 15 is 0 Å². The molecule has 33 heavy (non-hydrogen) atoms. The monoisotopic (exact) mass is 512 g/mol. The number of para-hydroxylation sites is 1. The van der Waals surface area contributed by atoms with E-state index in [1.165, 1.54) is 16.7 Å². The van der Waals surface area contributed by atoms with Crippen LogP contribution in [0.4, 0.5) is 5.69 Å². The molecule has 2 heterocycles. The third-order valence-corrected chi connectivity index (χ3v) is 8.33. The molecule has 1 aromatic rings. The Balaban J connectivity index is 1.78. The van der Waals surface area contributed by atoms with Gasteiger partial charge in [-0.25, -0.2) is 0 Å². The molecule has 2 aliphatic rings. The fourth-order valence-electron chi connectivity index (χ4n) is 4.28. The van der Waals surface area contributed by atoms with Crippen molar-refractivity contribution < 1.29 is 27.7 Å². The number of carbonyl (C=O) groups excluding carboxylic acids is 1. The average Bonchev–Trinajstić information content (AvgIpc) is 3.11. The second kappa shape index (κ2) is 10.1. The Morgan fingerprint density at radius 2 is 1.91 bits per heavy atom. The summed E-state index contributed by atoms with van der Waals surface area (Å²) in [6, 6.07) is 8.03. The van der Waals surface area contributed by atoms with E-state index in [1.54, 1.807) is 0 Å². The van der Waals surface area contributed by atoms with Crippen LogP contribution in [-0.2, 0) is 25.1 Å². The lowest BCUT2D eigenvalue weighted by molar-refractivity contribution is -0.137. The molecule has 0 aromatic heterocycles. The van der Waals surface area contributed by atoms with Gasteiger partial charge in [-0.05, 0) is 30.9 Å². The van der Waals surface area contributed by atoms with Gasteiger partial charge in [0.2, 0.25) is 5.91 Å². The number of hydrogen-bond donors (Lipinski definition) is 2. The molecule has 1 atom stereocenters. The van der Waals surface area contributed by atoms with Gasteiger partial charge in [0.15, 0.2) is 0 Å². The van der Waals surface area contributed by atoms with Crippen LogP contribution in [0.2, 0.25) is 0 Å². The molecule has 180 valence electrons. The summed E-state index contributed by atoms with van der Waals surface area (Å²) < 4.78 is 31.5. The molecule has 1 saturated heterocycles. The highest BCUT2D eigenvalue weighted by molar-refractivity contribution is 8.24. The number of anilines is 1. The number of carbonyl (C=O) groups is 2.